The number of amides is 2. The fourth-order valence-electron chi connectivity index (χ4n) is 2.77. The molecule has 2 amide bonds. The third-order valence-electron chi connectivity index (χ3n) is 4.26. The molecule has 0 fully saturated rings. The molecule has 0 heterocycles. The van der Waals surface area contributed by atoms with E-state index in [1.165, 1.54) is 0 Å². The maximum atomic E-state index is 12.1. The summed E-state index contributed by atoms with van der Waals surface area (Å²) < 4.78 is 0. The van der Waals surface area contributed by atoms with Crippen molar-refractivity contribution in [2.24, 2.45) is 0 Å². The zero-order valence-electron chi connectivity index (χ0n) is 15.7. The van der Waals surface area contributed by atoms with Crippen molar-refractivity contribution < 1.29 is 9.59 Å². The molecule has 6 heteroatoms. The fraction of sp³-hybridized carbons (Fsp3) is 0.333. The summed E-state index contributed by atoms with van der Waals surface area (Å²) in [6.45, 7) is 0.768. The van der Waals surface area contributed by atoms with Crippen molar-refractivity contribution >= 4 is 23.4 Å². The van der Waals surface area contributed by atoms with Crippen LogP contribution in [0.1, 0.15) is 23.6 Å². The minimum Gasteiger partial charge on any atom is -0.355 e. The third-order valence-corrected chi connectivity index (χ3v) is 4.61. The maximum Gasteiger partial charge on any atom is 0.224 e. The van der Waals surface area contributed by atoms with Gasteiger partial charge in [0.1, 0.15) is 0 Å². The summed E-state index contributed by atoms with van der Waals surface area (Å²) in [4.78, 5) is 26.0. The van der Waals surface area contributed by atoms with Gasteiger partial charge in [0.05, 0.1) is 12.5 Å². The number of hydrogen-bond acceptors (Lipinski definition) is 3. The van der Waals surface area contributed by atoms with Gasteiger partial charge < -0.3 is 15.5 Å². The molecule has 144 valence electrons. The Labute approximate surface area is 165 Å². The van der Waals surface area contributed by atoms with Crippen LogP contribution in [-0.2, 0) is 16.0 Å². The van der Waals surface area contributed by atoms with Gasteiger partial charge >= 0.3 is 0 Å². The molecule has 0 bridgehead atoms. The minimum atomic E-state index is -0.103. The molecule has 2 aromatic carbocycles. The highest BCUT2D eigenvalue weighted by atomic mass is 35.5. The first kappa shape index (κ1) is 20.9. The van der Waals surface area contributed by atoms with Crippen molar-refractivity contribution in [1.82, 2.24) is 15.5 Å². The van der Waals surface area contributed by atoms with Gasteiger partial charge in [0, 0.05) is 24.5 Å². The predicted octanol–water partition coefficient (Wildman–Crippen LogP) is 2.81. The summed E-state index contributed by atoms with van der Waals surface area (Å²) in [5.74, 6) is -0.190. The molecule has 0 aliphatic rings. The zero-order chi connectivity index (χ0) is 19.6. The number of rotatable bonds is 9. The molecule has 0 radical (unpaired) electrons. The molecule has 0 aliphatic heterocycles. The molecule has 0 spiro atoms. The average molecular weight is 388 g/mol. The van der Waals surface area contributed by atoms with E-state index in [1.54, 1.807) is 0 Å². The third kappa shape index (κ3) is 7.04. The molecule has 5 nitrogen and oxygen atoms in total. The first-order chi connectivity index (χ1) is 13.0. The molecule has 2 aromatic rings. The van der Waals surface area contributed by atoms with E-state index in [-0.39, 0.29) is 24.3 Å². The van der Waals surface area contributed by atoms with Crippen molar-refractivity contribution in [3.05, 3.63) is 70.7 Å². The van der Waals surface area contributed by atoms with Gasteiger partial charge in [-0.2, -0.15) is 0 Å². The van der Waals surface area contributed by atoms with Crippen LogP contribution in [0.2, 0.25) is 5.02 Å². The molecule has 0 saturated heterocycles. The Morgan fingerprint density at radius 3 is 2.30 bits per heavy atom. The van der Waals surface area contributed by atoms with E-state index in [0.717, 1.165) is 11.1 Å². The van der Waals surface area contributed by atoms with E-state index in [9.17, 15) is 9.59 Å². The predicted molar refractivity (Wildman–Crippen MR) is 109 cm³/mol. The minimum absolute atomic E-state index is 0.0182. The Morgan fingerprint density at radius 2 is 1.63 bits per heavy atom. The number of hydrogen-bond donors (Lipinski definition) is 2. The molecular formula is C21H26ClN3O2. The highest BCUT2D eigenvalue weighted by molar-refractivity contribution is 6.31. The van der Waals surface area contributed by atoms with Crippen molar-refractivity contribution in [2.45, 2.75) is 18.9 Å². The maximum absolute atomic E-state index is 12.1. The molecule has 0 aromatic heterocycles. The zero-order valence-corrected chi connectivity index (χ0v) is 16.5. The van der Waals surface area contributed by atoms with Crippen molar-refractivity contribution in [1.29, 1.82) is 0 Å². The highest BCUT2D eigenvalue weighted by Gasteiger charge is 2.17. The van der Waals surface area contributed by atoms with Crippen LogP contribution in [0.4, 0.5) is 0 Å². The highest BCUT2D eigenvalue weighted by Crippen LogP contribution is 2.25. The topological polar surface area (TPSA) is 61.4 Å². The lowest BCUT2D eigenvalue weighted by Gasteiger charge is -2.26. The molecule has 1 unspecified atom stereocenters. The summed E-state index contributed by atoms with van der Waals surface area (Å²) in [5.41, 5.74) is 1.92. The van der Waals surface area contributed by atoms with Crippen LogP contribution in [0, 0.1) is 0 Å². The normalized spacial score (nSPS) is 11.9. The Kier molecular flexibility index (Phi) is 8.30. The molecule has 0 saturated carbocycles. The van der Waals surface area contributed by atoms with Gasteiger partial charge in [-0.15, -0.1) is 0 Å². The summed E-state index contributed by atoms with van der Waals surface area (Å²) in [6.07, 6.45) is 0.556. The quantitative estimate of drug-likeness (QED) is 0.695. The van der Waals surface area contributed by atoms with Gasteiger partial charge in [0.2, 0.25) is 11.8 Å². The molecule has 27 heavy (non-hydrogen) atoms. The number of benzene rings is 2. The molecule has 0 aliphatic carbocycles. The fourth-order valence-corrected chi connectivity index (χ4v) is 3.04. The van der Waals surface area contributed by atoms with Crippen LogP contribution in [0.3, 0.4) is 0 Å². The summed E-state index contributed by atoms with van der Waals surface area (Å²) in [6, 6.07) is 17.1. The van der Waals surface area contributed by atoms with E-state index in [1.807, 2.05) is 73.6 Å². The lowest BCUT2D eigenvalue weighted by molar-refractivity contribution is -0.122. The molecule has 2 rings (SSSR count). The van der Waals surface area contributed by atoms with Gasteiger partial charge in [-0.25, -0.2) is 0 Å². The van der Waals surface area contributed by atoms with Crippen molar-refractivity contribution in [3.8, 4) is 0 Å². The SMILES string of the molecule is CN(C)C(CNC(=O)CCNC(=O)Cc1ccccc1)c1ccccc1Cl. The van der Waals surface area contributed by atoms with E-state index in [0.29, 0.717) is 24.5 Å². The standard InChI is InChI=1S/C21H26ClN3O2/c1-25(2)19(17-10-6-7-11-18(17)22)15-24-20(26)12-13-23-21(27)14-16-8-4-3-5-9-16/h3-11,19H,12-15H2,1-2H3,(H,23,27)(H,24,26). The Hall–Kier alpha value is -2.37. The van der Waals surface area contributed by atoms with Gasteiger partial charge in [-0.05, 0) is 31.3 Å². The second kappa shape index (κ2) is 10.7. The van der Waals surface area contributed by atoms with Crippen molar-refractivity contribution in [2.75, 3.05) is 27.2 Å². The van der Waals surface area contributed by atoms with E-state index in [4.69, 9.17) is 11.6 Å². The van der Waals surface area contributed by atoms with E-state index >= 15 is 0 Å². The molecule has 1 atom stereocenters. The first-order valence-electron chi connectivity index (χ1n) is 8.95. The van der Waals surface area contributed by atoms with E-state index < -0.39 is 0 Å². The van der Waals surface area contributed by atoms with Crippen LogP contribution < -0.4 is 10.6 Å². The summed E-state index contributed by atoms with van der Waals surface area (Å²) in [5, 5.41) is 6.38. The van der Waals surface area contributed by atoms with E-state index in [2.05, 4.69) is 10.6 Å². The summed E-state index contributed by atoms with van der Waals surface area (Å²) in [7, 11) is 3.90. The van der Waals surface area contributed by atoms with Gasteiger partial charge in [-0.1, -0.05) is 60.1 Å². The number of likely N-dealkylation sites (N-methyl/N-ethyl adjacent to an activating group) is 1. The monoisotopic (exact) mass is 387 g/mol. The number of halogens is 1. The smallest absolute Gasteiger partial charge is 0.224 e. The lowest BCUT2D eigenvalue weighted by atomic mass is 10.1. The molecule has 2 N–H and O–H groups in total. The number of nitrogens with zero attached hydrogens (tertiary/aromatic N) is 1. The Morgan fingerprint density at radius 1 is 0.963 bits per heavy atom. The number of nitrogens with one attached hydrogen (secondary N) is 2. The number of carbonyl (C=O) groups excluding carboxylic acids is 2. The van der Waals surface area contributed by atoms with Crippen LogP contribution in [0.5, 0.6) is 0 Å². The lowest BCUT2D eigenvalue weighted by Crippen LogP contribution is -2.36. The van der Waals surface area contributed by atoms with Gasteiger partial charge in [-0.3, -0.25) is 9.59 Å². The van der Waals surface area contributed by atoms with Crippen LogP contribution in [-0.4, -0.2) is 43.9 Å². The Bertz CT molecular complexity index is 750. The number of carbonyl (C=O) groups is 2. The summed E-state index contributed by atoms with van der Waals surface area (Å²) >= 11 is 6.28. The van der Waals surface area contributed by atoms with Crippen LogP contribution in [0.25, 0.3) is 0 Å². The second-order valence-corrected chi connectivity index (χ2v) is 6.97. The second-order valence-electron chi connectivity index (χ2n) is 6.57. The largest absolute Gasteiger partial charge is 0.355 e. The van der Waals surface area contributed by atoms with Crippen LogP contribution in [0.15, 0.2) is 54.6 Å². The van der Waals surface area contributed by atoms with Gasteiger partial charge in [0.15, 0.2) is 0 Å². The first-order valence-corrected chi connectivity index (χ1v) is 9.33. The average Bonchev–Trinajstić information content (AvgIpc) is 2.64. The molecular weight excluding hydrogens is 362 g/mol. The Balaban J connectivity index is 1.74. The van der Waals surface area contributed by atoms with Crippen LogP contribution >= 0.6 is 11.6 Å². The van der Waals surface area contributed by atoms with Gasteiger partial charge in [0.25, 0.3) is 0 Å². The van der Waals surface area contributed by atoms with Crippen molar-refractivity contribution in [3.63, 3.8) is 0 Å².